The second-order valence-corrected chi connectivity index (χ2v) is 11.5. The van der Waals surface area contributed by atoms with Crippen LogP contribution in [0.3, 0.4) is 0 Å². The molecule has 0 fully saturated rings. The first-order valence-corrected chi connectivity index (χ1v) is 14.8. The zero-order chi connectivity index (χ0) is 32.1. The van der Waals surface area contributed by atoms with Gasteiger partial charge in [-0.25, -0.2) is 9.78 Å². The van der Waals surface area contributed by atoms with Crippen LogP contribution >= 0.6 is 15.9 Å². The van der Waals surface area contributed by atoms with Crippen molar-refractivity contribution in [2.45, 2.75) is 53.6 Å². The Morgan fingerprint density at radius 1 is 1.14 bits per heavy atom. The molecule has 0 atom stereocenters. The molecule has 12 heteroatoms. The van der Waals surface area contributed by atoms with Crippen LogP contribution in [-0.4, -0.2) is 46.1 Å². The monoisotopic (exact) mass is 664 g/mol. The van der Waals surface area contributed by atoms with Crippen LogP contribution in [0.4, 0.5) is 5.69 Å². The highest BCUT2D eigenvalue weighted by atomic mass is 79.9. The van der Waals surface area contributed by atoms with Crippen LogP contribution in [0.5, 0.6) is 11.5 Å². The molecule has 0 aliphatic heterocycles. The number of ether oxygens (including phenoxy) is 3. The number of nitro groups is 1. The van der Waals surface area contributed by atoms with Crippen molar-refractivity contribution in [1.82, 2.24) is 9.66 Å². The van der Waals surface area contributed by atoms with E-state index in [1.165, 1.54) is 23.0 Å². The van der Waals surface area contributed by atoms with Gasteiger partial charge in [0.1, 0.15) is 5.75 Å². The molecule has 0 bridgehead atoms. The summed E-state index contributed by atoms with van der Waals surface area (Å²) in [5.41, 5.74) is 2.24. The lowest BCUT2D eigenvalue weighted by Gasteiger charge is -2.18. The van der Waals surface area contributed by atoms with Gasteiger partial charge in [-0.2, -0.15) is 9.78 Å². The van der Waals surface area contributed by atoms with Gasteiger partial charge in [0, 0.05) is 21.7 Å². The van der Waals surface area contributed by atoms with Gasteiger partial charge in [0.2, 0.25) is 5.75 Å². The third kappa shape index (κ3) is 7.13. The summed E-state index contributed by atoms with van der Waals surface area (Å²) in [5.74, 6) is 0.250. The number of aromatic nitrogens is 2. The first-order chi connectivity index (χ1) is 20.9. The number of aryl methyl sites for hydroxylation is 1. The van der Waals surface area contributed by atoms with Crippen molar-refractivity contribution >= 4 is 44.7 Å². The van der Waals surface area contributed by atoms with Crippen LogP contribution in [-0.2, 0) is 9.53 Å². The van der Waals surface area contributed by atoms with Crippen molar-refractivity contribution in [3.63, 3.8) is 0 Å². The smallest absolute Gasteiger partial charge is 0.344 e. The summed E-state index contributed by atoms with van der Waals surface area (Å²) in [4.78, 5) is 42.2. The molecule has 4 aromatic rings. The quantitative estimate of drug-likeness (QED) is 0.0741. The van der Waals surface area contributed by atoms with Gasteiger partial charge in [-0.1, -0.05) is 41.9 Å². The Hall–Kier alpha value is -4.58. The van der Waals surface area contributed by atoms with Crippen LogP contribution in [0.1, 0.15) is 57.2 Å². The maximum Gasteiger partial charge on any atom is 0.344 e. The van der Waals surface area contributed by atoms with E-state index in [2.05, 4.69) is 34.9 Å². The standard InChI is InChI=1S/C32H33BrN4O7/c1-7-42-28-12-20(6)25(15-24(28)18(2)3)31-35-26-11-9-8-10-23(26)32(39)36(31)34-16-21-13-22(33)14-27(37(40)41)30(21)43-17-29(38)44-19(4)5/h8-16,18-19H,7,17H2,1-6H3. The fourth-order valence-corrected chi connectivity index (χ4v) is 5.08. The number of carbonyl (C=O) groups is 1. The van der Waals surface area contributed by atoms with Crippen molar-refractivity contribution in [3.8, 4) is 22.9 Å². The number of esters is 1. The highest BCUT2D eigenvalue weighted by Gasteiger charge is 2.23. The van der Waals surface area contributed by atoms with Crippen LogP contribution in [0.25, 0.3) is 22.3 Å². The SMILES string of the molecule is CCOc1cc(C)c(-c2nc3ccccc3c(=O)n2N=Cc2cc(Br)cc([N+](=O)[O-])c2OCC(=O)OC(C)C)cc1C(C)C. The molecular formula is C32H33BrN4O7. The topological polar surface area (TPSA) is 135 Å². The minimum Gasteiger partial charge on any atom is -0.494 e. The molecule has 0 N–H and O–H groups in total. The molecular weight excluding hydrogens is 632 g/mol. The molecule has 3 aromatic carbocycles. The van der Waals surface area contributed by atoms with Gasteiger partial charge in [-0.05, 0) is 75.1 Å². The summed E-state index contributed by atoms with van der Waals surface area (Å²) in [7, 11) is 0. The van der Waals surface area contributed by atoms with Crippen molar-refractivity contribution in [2.24, 2.45) is 5.10 Å². The lowest BCUT2D eigenvalue weighted by molar-refractivity contribution is -0.385. The maximum absolute atomic E-state index is 13.9. The van der Waals surface area contributed by atoms with Crippen molar-refractivity contribution in [1.29, 1.82) is 0 Å². The first-order valence-electron chi connectivity index (χ1n) is 14.0. The Kier molecular flexibility index (Phi) is 10.1. The Bertz CT molecular complexity index is 1820. The summed E-state index contributed by atoms with van der Waals surface area (Å²) < 4.78 is 18.1. The zero-order valence-electron chi connectivity index (χ0n) is 25.3. The molecule has 230 valence electrons. The lowest BCUT2D eigenvalue weighted by atomic mass is 9.96. The molecule has 0 saturated heterocycles. The van der Waals surface area contributed by atoms with E-state index in [4.69, 9.17) is 19.2 Å². The molecule has 0 amide bonds. The number of para-hydroxylation sites is 1. The number of hydrogen-bond donors (Lipinski definition) is 0. The first kappa shape index (κ1) is 32.3. The highest BCUT2D eigenvalue weighted by molar-refractivity contribution is 9.10. The summed E-state index contributed by atoms with van der Waals surface area (Å²) in [6.45, 7) is 11.2. The van der Waals surface area contributed by atoms with Crippen molar-refractivity contribution < 1.29 is 23.9 Å². The number of nitrogens with zero attached hydrogens (tertiary/aromatic N) is 4. The average molecular weight is 666 g/mol. The van der Waals surface area contributed by atoms with E-state index in [1.807, 2.05) is 26.0 Å². The van der Waals surface area contributed by atoms with Crippen LogP contribution in [0.2, 0.25) is 0 Å². The molecule has 1 heterocycles. The minimum absolute atomic E-state index is 0.115. The van der Waals surface area contributed by atoms with E-state index in [0.717, 1.165) is 16.9 Å². The second kappa shape index (κ2) is 13.8. The molecule has 0 saturated carbocycles. The molecule has 0 aliphatic carbocycles. The predicted octanol–water partition coefficient (Wildman–Crippen LogP) is 6.78. The second-order valence-electron chi connectivity index (χ2n) is 10.5. The summed E-state index contributed by atoms with van der Waals surface area (Å²) in [5, 5.41) is 16.8. The third-order valence-electron chi connectivity index (χ3n) is 6.55. The largest absolute Gasteiger partial charge is 0.494 e. The minimum atomic E-state index is -0.690. The molecule has 11 nitrogen and oxygen atoms in total. The fourth-order valence-electron chi connectivity index (χ4n) is 4.61. The van der Waals surface area contributed by atoms with Gasteiger partial charge in [0.05, 0.1) is 34.8 Å². The highest BCUT2D eigenvalue weighted by Crippen LogP contribution is 2.36. The van der Waals surface area contributed by atoms with Crippen molar-refractivity contribution in [3.05, 3.63) is 90.2 Å². The van der Waals surface area contributed by atoms with Crippen LogP contribution in [0, 0.1) is 17.0 Å². The summed E-state index contributed by atoms with van der Waals surface area (Å²) >= 11 is 3.30. The van der Waals surface area contributed by atoms with Gasteiger partial charge in [0.15, 0.2) is 12.4 Å². The van der Waals surface area contributed by atoms with E-state index in [1.54, 1.807) is 38.1 Å². The van der Waals surface area contributed by atoms with E-state index in [9.17, 15) is 19.7 Å². The van der Waals surface area contributed by atoms with Gasteiger partial charge >= 0.3 is 11.7 Å². The van der Waals surface area contributed by atoms with Gasteiger partial charge < -0.3 is 14.2 Å². The molecule has 0 unspecified atom stereocenters. The molecule has 4 rings (SSSR count). The molecule has 0 radical (unpaired) electrons. The van der Waals surface area contributed by atoms with E-state index >= 15 is 0 Å². The predicted molar refractivity (Wildman–Crippen MR) is 172 cm³/mol. The Balaban J connectivity index is 1.93. The zero-order valence-corrected chi connectivity index (χ0v) is 26.9. The molecule has 44 heavy (non-hydrogen) atoms. The van der Waals surface area contributed by atoms with Crippen LogP contribution < -0.4 is 15.0 Å². The van der Waals surface area contributed by atoms with E-state index in [0.29, 0.717) is 27.5 Å². The summed E-state index contributed by atoms with van der Waals surface area (Å²) in [6.07, 6.45) is 0.884. The number of carbonyl (C=O) groups excluding carboxylic acids is 1. The molecule has 1 aromatic heterocycles. The lowest BCUT2D eigenvalue weighted by Crippen LogP contribution is -2.21. The van der Waals surface area contributed by atoms with Crippen molar-refractivity contribution in [2.75, 3.05) is 13.2 Å². The van der Waals surface area contributed by atoms with E-state index in [-0.39, 0.29) is 29.2 Å². The summed E-state index contributed by atoms with van der Waals surface area (Å²) in [6, 6.07) is 13.6. The van der Waals surface area contributed by atoms with Gasteiger partial charge in [-0.15, -0.1) is 0 Å². The number of fused-ring (bicyclic) bond motifs is 1. The fraction of sp³-hybridized carbons (Fsp3) is 0.312. The number of halogens is 1. The Morgan fingerprint density at radius 2 is 1.86 bits per heavy atom. The number of benzene rings is 3. The van der Waals surface area contributed by atoms with Crippen LogP contribution in [0.15, 0.2) is 62.9 Å². The normalized spacial score (nSPS) is 11.5. The third-order valence-corrected chi connectivity index (χ3v) is 7.00. The Morgan fingerprint density at radius 3 is 2.52 bits per heavy atom. The van der Waals surface area contributed by atoms with Gasteiger partial charge in [-0.3, -0.25) is 14.9 Å². The average Bonchev–Trinajstić information content (AvgIpc) is 2.95. The number of hydrogen-bond acceptors (Lipinski definition) is 9. The van der Waals surface area contributed by atoms with Gasteiger partial charge in [0.25, 0.3) is 5.56 Å². The maximum atomic E-state index is 13.9. The number of rotatable bonds is 11. The molecule has 0 spiro atoms. The number of nitro benzene ring substituents is 1. The van der Waals surface area contributed by atoms with E-state index < -0.39 is 28.7 Å². The molecule has 0 aliphatic rings. The Labute approximate surface area is 262 Å².